The Balaban J connectivity index is 1.59. The van der Waals surface area contributed by atoms with E-state index in [2.05, 4.69) is 10.6 Å². The molecule has 4 aromatic carbocycles. The van der Waals surface area contributed by atoms with E-state index in [-0.39, 0.29) is 17.6 Å². The Labute approximate surface area is 196 Å². The summed E-state index contributed by atoms with van der Waals surface area (Å²) in [6.45, 7) is 0. The van der Waals surface area contributed by atoms with Crippen LogP contribution in [0.25, 0.3) is 11.6 Å². The molecule has 0 aromatic heterocycles. The number of para-hydroxylation sites is 3. The summed E-state index contributed by atoms with van der Waals surface area (Å²) in [5, 5.41) is 5.65. The lowest BCUT2D eigenvalue weighted by atomic mass is 10.0. The zero-order chi connectivity index (χ0) is 23.9. The second-order valence-corrected chi connectivity index (χ2v) is 7.55. The Morgan fingerprint density at radius 3 is 2.00 bits per heavy atom. The van der Waals surface area contributed by atoms with Crippen LogP contribution in [0.2, 0.25) is 0 Å². The van der Waals surface area contributed by atoms with Gasteiger partial charge >= 0.3 is 0 Å². The second kappa shape index (κ2) is 10.3. The largest absolute Gasteiger partial charge is 0.397 e. The van der Waals surface area contributed by atoms with Gasteiger partial charge in [0.05, 0.1) is 11.4 Å². The average molecular weight is 452 g/mol. The first kappa shape index (κ1) is 22.5. The first-order valence-electron chi connectivity index (χ1n) is 10.6. The third kappa shape index (κ3) is 5.55. The van der Waals surface area contributed by atoms with Crippen LogP contribution in [0.5, 0.6) is 0 Å². The molecule has 0 bridgehead atoms. The molecule has 4 N–H and O–H groups in total. The summed E-state index contributed by atoms with van der Waals surface area (Å²) >= 11 is 0. The number of nitrogens with one attached hydrogen (secondary N) is 2. The van der Waals surface area contributed by atoms with Gasteiger partial charge in [0, 0.05) is 16.8 Å². The van der Waals surface area contributed by atoms with Crippen LogP contribution in [0.4, 0.5) is 21.5 Å². The normalized spacial score (nSPS) is 11.0. The van der Waals surface area contributed by atoms with Crippen molar-refractivity contribution in [2.45, 2.75) is 0 Å². The predicted molar refractivity (Wildman–Crippen MR) is 135 cm³/mol. The zero-order valence-electron chi connectivity index (χ0n) is 18.2. The third-order valence-corrected chi connectivity index (χ3v) is 5.12. The van der Waals surface area contributed by atoms with E-state index in [9.17, 15) is 14.0 Å². The molecule has 4 aromatic rings. The molecule has 0 saturated carbocycles. The quantitative estimate of drug-likeness (QED) is 0.196. The summed E-state index contributed by atoms with van der Waals surface area (Å²) in [5.41, 5.74) is 9.62. The highest BCUT2D eigenvalue weighted by atomic mass is 19.1. The highest BCUT2D eigenvalue weighted by molar-refractivity contribution is 6.29. The van der Waals surface area contributed by atoms with Crippen molar-refractivity contribution in [3.05, 3.63) is 126 Å². The van der Waals surface area contributed by atoms with Crippen molar-refractivity contribution >= 4 is 40.5 Å². The Kier molecular flexibility index (Phi) is 6.79. The standard InChI is InChI=1S/C28H22FN3O2/c29-22-16-14-20(15-17-22)24(28(34)31-23-6-2-1-3-7-23)18-19-10-12-21(13-11-19)27(33)32-26-9-5-4-8-25(26)30/h1-18H,30H2,(H,31,34)(H,32,33). The van der Waals surface area contributed by atoms with E-state index in [1.54, 1.807) is 78.9 Å². The second-order valence-electron chi connectivity index (χ2n) is 7.55. The van der Waals surface area contributed by atoms with Crippen LogP contribution in [0, 0.1) is 5.82 Å². The lowest BCUT2D eigenvalue weighted by molar-refractivity contribution is -0.111. The van der Waals surface area contributed by atoms with E-state index < -0.39 is 0 Å². The Hall–Kier alpha value is -4.71. The number of nitrogen functional groups attached to an aromatic ring is 1. The maximum absolute atomic E-state index is 13.5. The Bertz CT molecular complexity index is 1330. The van der Waals surface area contributed by atoms with Crippen molar-refractivity contribution in [2.75, 3.05) is 16.4 Å². The van der Waals surface area contributed by atoms with Gasteiger partial charge in [-0.15, -0.1) is 0 Å². The fourth-order valence-corrected chi connectivity index (χ4v) is 3.33. The number of benzene rings is 4. The van der Waals surface area contributed by atoms with Crippen molar-refractivity contribution < 1.29 is 14.0 Å². The van der Waals surface area contributed by atoms with Gasteiger partial charge in [-0.2, -0.15) is 0 Å². The number of halogens is 1. The number of hydrogen-bond acceptors (Lipinski definition) is 3. The fourth-order valence-electron chi connectivity index (χ4n) is 3.33. The summed E-state index contributed by atoms with van der Waals surface area (Å²) in [7, 11) is 0. The van der Waals surface area contributed by atoms with Crippen molar-refractivity contribution in [3.8, 4) is 0 Å². The van der Waals surface area contributed by atoms with Gasteiger partial charge in [0.15, 0.2) is 0 Å². The molecule has 0 fully saturated rings. The summed E-state index contributed by atoms with van der Waals surface area (Å²) in [5.74, 6) is -1.02. The molecule has 4 rings (SSSR count). The van der Waals surface area contributed by atoms with Crippen molar-refractivity contribution in [1.29, 1.82) is 0 Å². The van der Waals surface area contributed by atoms with Crippen LogP contribution < -0.4 is 16.4 Å². The monoisotopic (exact) mass is 451 g/mol. The van der Waals surface area contributed by atoms with Gasteiger partial charge in [-0.05, 0) is 65.7 Å². The highest BCUT2D eigenvalue weighted by Crippen LogP contribution is 2.22. The molecule has 168 valence electrons. The number of carbonyl (C=O) groups excluding carboxylic acids is 2. The van der Waals surface area contributed by atoms with Crippen LogP contribution in [0.3, 0.4) is 0 Å². The maximum Gasteiger partial charge on any atom is 0.256 e. The number of rotatable bonds is 6. The maximum atomic E-state index is 13.5. The molecule has 0 spiro atoms. The minimum Gasteiger partial charge on any atom is -0.397 e. The third-order valence-electron chi connectivity index (χ3n) is 5.12. The van der Waals surface area contributed by atoms with Gasteiger partial charge in [0.1, 0.15) is 5.82 Å². The molecule has 0 unspecified atom stereocenters. The Morgan fingerprint density at radius 1 is 0.706 bits per heavy atom. The minimum atomic E-state index is -0.388. The summed E-state index contributed by atoms with van der Waals surface area (Å²) in [6.07, 6.45) is 1.70. The molecule has 5 nitrogen and oxygen atoms in total. The first-order valence-corrected chi connectivity index (χ1v) is 10.6. The van der Waals surface area contributed by atoms with Gasteiger partial charge in [-0.25, -0.2) is 4.39 Å². The molecule has 6 heteroatoms. The van der Waals surface area contributed by atoms with E-state index in [0.29, 0.717) is 39.3 Å². The van der Waals surface area contributed by atoms with E-state index in [1.807, 2.05) is 18.2 Å². The molecule has 0 saturated heterocycles. The molecular formula is C28H22FN3O2. The van der Waals surface area contributed by atoms with Crippen LogP contribution in [-0.4, -0.2) is 11.8 Å². The van der Waals surface area contributed by atoms with Crippen LogP contribution in [0.15, 0.2) is 103 Å². The van der Waals surface area contributed by atoms with E-state index in [0.717, 1.165) is 0 Å². The summed E-state index contributed by atoms with van der Waals surface area (Å²) in [6, 6.07) is 28.6. The molecule has 0 aliphatic carbocycles. The lowest BCUT2D eigenvalue weighted by Crippen LogP contribution is -2.14. The molecule has 2 amide bonds. The molecule has 34 heavy (non-hydrogen) atoms. The smallest absolute Gasteiger partial charge is 0.256 e. The minimum absolute atomic E-state index is 0.297. The molecule has 0 atom stereocenters. The molecular weight excluding hydrogens is 429 g/mol. The number of hydrogen-bond donors (Lipinski definition) is 3. The van der Waals surface area contributed by atoms with Gasteiger partial charge in [-0.1, -0.05) is 54.6 Å². The van der Waals surface area contributed by atoms with Gasteiger partial charge in [-0.3, -0.25) is 9.59 Å². The SMILES string of the molecule is Nc1ccccc1NC(=O)c1ccc(C=C(C(=O)Nc2ccccc2)c2ccc(F)cc2)cc1. The number of nitrogens with two attached hydrogens (primary N) is 1. The van der Waals surface area contributed by atoms with Crippen molar-refractivity contribution in [1.82, 2.24) is 0 Å². The topological polar surface area (TPSA) is 84.2 Å². The number of carbonyl (C=O) groups is 2. The Morgan fingerprint density at radius 2 is 1.32 bits per heavy atom. The summed E-state index contributed by atoms with van der Waals surface area (Å²) < 4.78 is 13.5. The fraction of sp³-hybridized carbons (Fsp3) is 0. The highest BCUT2D eigenvalue weighted by Gasteiger charge is 2.14. The lowest BCUT2D eigenvalue weighted by Gasteiger charge is -2.11. The number of anilines is 3. The summed E-state index contributed by atoms with van der Waals surface area (Å²) in [4.78, 5) is 25.6. The van der Waals surface area contributed by atoms with Gasteiger partial charge < -0.3 is 16.4 Å². The van der Waals surface area contributed by atoms with Crippen LogP contribution >= 0.6 is 0 Å². The molecule has 0 aliphatic heterocycles. The van der Waals surface area contributed by atoms with Crippen LogP contribution in [0.1, 0.15) is 21.5 Å². The van der Waals surface area contributed by atoms with E-state index in [1.165, 1.54) is 12.1 Å². The average Bonchev–Trinajstić information content (AvgIpc) is 2.85. The van der Waals surface area contributed by atoms with E-state index in [4.69, 9.17) is 5.73 Å². The number of amides is 2. The molecule has 0 radical (unpaired) electrons. The van der Waals surface area contributed by atoms with Crippen molar-refractivity contribution in [2.24, 2.45) is 0 Å². The van der Waals surface area contributed by atoms with Gasteiger partial charge in [0.25, 0.3) is 11.8 Å². The van der Waals surface area contributed by atoms with Crippen molar-refractivity contribution in [3.63, 3.8) is 0 Å². The molecule has 0 aliphatic rings. The first-order chi connectivity index (χ1) is 16.5. The van der Waals surface area contributed by atoms with Crippen LogP contribution in [-0.2, 0) is 4.79 Å². The van der Waals surface area contributed by atoms with E-state index >= 15 is 0 Å². The molecule has 0 heterocycles. The van der Waals surface area contributed by atoms with Gasteiger partial charge in [0.2, 0.25) is 0 Å². The predicted octanol–water partition coefficient (Wildman–Crippen LogP) is 5.84. The zero-order valence-corrected chi connectivity index (χ0v) is 18.2.